The Labute approximate surface area is 145 Å². The van der Waals surface area contributed by atoms with Gasteiger partial charge in [0.2, 0.25) is 5.95 Å². The van der Waals surface area contributed by atoms with E-state index in [1.807, 2.05) is 4.90 Å². The van der Waals surface area contributed by atoms with Crippen LogP contribution in [0.2, 0.25) is 0 Å². The fourth-order valence-corrected chi connectivity index (χ4v) is 4.42. The van der Waals surface area contributed by atoms with Crippen LogP contribution in [0.3, 0.4) is 0 Å². The summed E-state index contributed by atoms with van der Waals surface area (Å²) in [5.41, 5.74) is -0.687. The molecule has 1 N–H and O–H groups in total. The molecule has 1 aromatic rings. The van der Waals surface area contributed by atoms with Crippen molar-refractivity contribution in [1.29, 1.82) is 0 Å². The van der Waals surface area contributed by atoms with Gasteiger partial charge < -0.3 is 10.1 Å². The molecule has 3 fully saturated rings. The number of ether oxygens (including phenoxy) is 1. The standard InChI is InChI=1S/C17H23F3N4O/c18-17(19,20)15-13(10-24-3-5-25-6-4-24)9-21-16(23-15)22-14-8-11-1-2-12(14)7-11/h9,11-12,14H,1-8,10H2,(H,21,22,23)/t11-,12+,14-/m1/s1. The lowest BCUT2D eigenvalue weighted by molar-refractivity contribution is -0.142. The van der Waals surface area contributed by atoms with Crippen LogP contribution in [0.5, 0.6) is 0 Å². The summed E-state index contributed by atoms with van der Waals surface area (Å²) < 4.78 is 45.7. The lowest BCUT2D eigenvalue weighted by Crippen LogP contribution is -2.36. The highest BCUT2D eigenvalue weighted by Gasteiger charge is 2.41. The van der Waals surface area contributed by atoms with E-state index in [4.69, 9.17) is 4.74 Å². The van der Waals surface area contributed by atoms with Crippen LogP contribution in [0.15, 0.2) is 6.20 Å². The van der Waals surface area contributed by atoms with Gasteiger partial charge in [-0.25, -0.2) is 9.97 Å². The highest BCUT2D eigenvalue weighted by molar-refractivity contribution is 5.33. The number of nitrogens with one attached hydrogen (secondary N) is 1. The molecule has 5 nitrogen and oxygen atoms in total. The zero-order chi connectivity index (χ0) is 17.4. The molecule has 3 aliphatic rings. The van der Waals surface area contributed by atoms with Gasteiger partial charge in [0.15, 0.2) is 5.69 Å². The highest BCUT2D eigenvalue weighted by Crippen LogP contribution is 2.45. The number of hydrogen-bond acceptors (Lipinski definition) is 5. The number of hydrogen-bond donors (Lipinski definition) is 1. The Morgan fingerprint density at radius 1 is 1.20 bits per heavy atom. The van der Waals surface area contributed by atoms with Crippen molar-refractivity contribution < 1.29 is 17.9 Å². The predicted molar refractivity (Wildman–Crippen MR) is 86.0 cm³/mol. The zero-order valence-electron chi connectivity index (χ0n) is 14.1. The fourth-order valence-electron chi connectivity index (χ4n) is 4.42. The van der Waals surface area contributed by atoms with Crippen LogP contribution in [-0.4, -0.2) is 47.2 Å². The Hall–Kier alpha value is -1.41. The third-order valence-corrected chi connectivity index (χ3v) is 5.68. The number of rotatable bonds is 4. The Bertz CT molecular complexity index is 618. The highest BCUT2D eigenvalue weighted by atomic mass is 19.4. The van der Waals surface area contributed by atoms with E-state index < -0.39 is 11.9 Å². The van der Waals surface area contributed by atoms with E-state index in [0.717, 1.165) is 12.8 Å². The fraction of sp³-hybridized carbons (Fsp3) is 0.765. The minimum absolute atomic E-state index is 0.107. The van der Waals surface area contributed by atoms with Gasteiger partial charge in [-0.05, 0) is 31.1 Å². The summed E-state index contributed by atoms with van der Waals surface area (Å²) in [5.74, 6) is 1.37. The SMILES string of the molecule is FC(F)(F)c1nc(N[C@@H]2C[C@@H]3CC[C@H]2C3)ncc1CN1CCOCC1. The summed E-state index contributed by atoms with van der Waals surface area (Å²) in [7, 11) is 0. The van der Waals surface area contributed by atoms with Gasteiger partial charge >= 0.3 is 6.18 Å². The van der Waals surface area contributed by atoms with Crippen LogP contribution >= 0.6 is 0 Å². The van der Waals surface area contributed by atoms with Crippen molar-refractivity contribution >= 4 is 5.95 Å². The molecule has 2 saturated carbocycles. The Morgan fingerprint density at radius 3 is 2.64 bits per heavy atom. The average Bonchev–Trinajstić information content (AvgIpc) is 3.19. The second kappa shape index (κ2) is 6.72. The van der Waals surface area contributed by atoms with Gasteiger partial charge in [-0.15, -0.1) is 0 Å². The molecule has 0 spiro atoms. The van der Waals surface area contributed by atoms with Crippen molar-refractivity contribution in [2.24, 2.45) is 11.8 Å². The summed E-state index contributed by atoms with van der Waals surface area (Å²) in [5, 5.41) is 3.16. The van der Waals surface area contributed by atoms with Gasteiger partial charge in [0.05, 0.1) is 13.2 Å². The molecule has 2 aliphatic carbocycles. The number of fused-ring (bicyclic) bond motifs is 2. The molecule has 8 heteroatoms. The average molecular weight is 356 g/mol. The van der Waals surface area contributed by atoms with Crippen LogP contribution in [0.1, 0.15) is 36.9 Å². The minimum Gasteiger partial charge on any atom is -0.379 e. The minimum atomic E-state index is -4.48. The molecular formula is C17H23F3N4O. The van der Waals surface area contributed by atoms with Crippen LogP contribution in [0, 0.1) is 11.8 Å². The van der Waals surface area contributed by atoms with E-state index in [9.17, 15) is 13.2 Å². The van der Waals surface area contributed by atoms with Gasteiger partial charge in [-0.2, -0.15) is 13.2 Å². The van der Waals surface area contributed by atoms with E-state index in [1.54, 1.807) is 0 Å². The number of morpholine rings is 1. The van der Waals surface area contributed by atoms with Crippen molar-refractivity contribution in [2.75, 3.05) is 31.6 Å². The topological polar surface area (TPSA) is 50.3 Å². The van der Waals surface area contributed by atoms with Crippen molar-refractivity contribution in [3.05, 3.63) is 17.5 Å². The molecule has 4 rings (SSSR count). The smallest absolute Gasteiger partial charge is 0.379 e. The first-order valence-electron chi connectivity index (χ1n) is 8.99. The molecule has 0 unspecified atom stereocenters. The molecule has 1 aliphatic heterocycles. The van der Waals surface area contributed by atoms with E-state index in [1.165, 1.54) is 19.0 Å². The molecule has 25 heavy (non-hydrogen) atoms. The second-order valence-electron chi connectivity index (χ2n) is 7.38. The van der Waals surface area contributed by atoms with Gasteiger partial charge in [0.25, 0.3) is 0 Å². The molecule has 138 valence electrons. The van der Waals surface area contributed by atoms with Crippen molar-refractivity contribution in [2.45, 2.75) is 44.4 Å². The monoisotopic (exact) mass is 356 g/mol. The van der Waals surface area contributed by atoms with Crippen LogP contribution in [-0.2, 0) is 17.5 Å². The summed E-state index contributed by atoms with van der Waals surface area (Å²) in [6, 6.07) is 0.213. The van der Waals surface area contributed by atoms with Gasteiger partial charge in [-0.1, -0.05) is 6.42 Å². The normalized spacial score (nSPS) is 30.0. The maximum absolute atomic E-state index is 13.5. The molecular weight excluding hydrogens is 333 g/mol. The lowest BCUT2D eigenvalue weighted by Gasteiger charge is -2.27. The van der Waals surface area contributed by atoms with Gasteiger partial charge in [0.1, 0.15) is 0 Å². The largest absolute Gasteiger partial charge is 0.433 e. The quantitative estimate of drug-likeness (QED) is 0.899. The molecule has 2 bridgehead atoms. The Kier molecular flexibility index (Phi) is 4.58. The molecule has 3 atom stereocenters. The number of aromatic nitrogens is 2. The number of nitrogens with zero attached hydrogens (tertiary/aromatic N) is 3. The maximum atomic E-state index is 13.5. The van der Waals surface area contributed by atoms with Crippen LogP contribution in [0.4, 0.5) is 19.1 Å². The van der Waals surface area contributed by atoms with Crippen molar-refractivity contribution in [3.8, 4) is 0 Å². The molecule has 0 radical (unpaired) electrons. The molecule has 0 amide bonds. The Morgan fingerprint density at radius 2 is 2.00 bits per heavy atom. The van der Waals surface area contributed by atoms with Crippen LogP contribution < -0.4 is 5.32 Å². The van der Waals surface area contributed by atoms with E-state index in [2.05, 4.69) is 15.3 Å². The van der Waals surface area contributed by atoms with E-state index in [0.29, 0.717) is 38.1 Å². The summed E-state index contributed by atoms with van der Waals surface area (Å²) in [6.45, 7) is 2.55. The zero-order valence-corrected chi connectivity index (χ0v) is 14.1. The first-order valence-corrected chi connectivity index (χ1v) is 8.99. The van der Waals surface area contributed by atoms with Gasteiger partial charge in [-0.3, -0.25) is 4.90 Å². The van der Waals surface area contributed by atoms with E-state index in [-0.39, 0.29) is 24.1 Å². The summed E-state index contributed by atoms with van der Waals surface area (Å²) in [6.07, 6.45) is 1.46. The van der Waals surface area contributed by atoms with Crippen molar-refractivity contribution in [1.82, 2.24) is 14.9 Å². The van der Waals surface area contributed by atoms with Crippen LogP contribution in [0.25, 0.3) is 0 Å². The number of anilines is 1. The third kappa shape index (κ3) is 3.74. The lowest BCUT2D eigenvalue weighted by atomic mass is 9.95. The summed E-state index contributed by atoms with van der Waals surface area (Å²) >= 11 is 0. The third-order valence-electron chi connectivity index (χ3n) is 5.68. The molecule has 1 saturated heterocycles. The Balaban J connectivity index is 1.51. The van der Waals surface area contributed by atoms with Gasteiger partial charge in [0, 0.05) is 37.4 Å². The maximum Gasteiger partial charge on any atom is 0.433 e. The molecule has 0 aromatic carbocycles. The molecule has 1 aromatic heterocycles. The second-order valence-corrected chi connectivity index (χ2v) is 7.38. The number of halogens is 3. The molecule has 2 heterocycles. The first-order chi connectivity index (χ1) is 12.0. The number of alkyl halides is 3. The predicted octanol–water partition coefficient (Wildman–Crippen LogP) is 2.93. The first kappa shape index (κ1) is 17.0. The van der Waals surface area contributed by atoms with Crippen molar-refractivity contribution in [3.63, 3.8) is 0 Å². The summed E-state index contributed by atoms with van der Waals surface area (Å²) in [4.78, 5) is 9.98. The van der Waals surface area contributed by atoms with E-state index >= 15 is 0 Å².